The summed E-state index contributed by atoms with van der Waals surface area (Å²) < 4.78 is 15.1. The number of non-ortho nitro benzene ring substituents is 1. The molecule has 1 saturated heterocycles. The van der Waals surface area contributed by atoms with E-state index in [0.717, 1.165) is 72.4 Å². The third kappa shape index (κ3) is 7.32. The predicted molar refractivity (Wildman–Crippen MR) is 178 cm³/mol. The Morgan fingerprint density at radius 1 is 0.884 bits per heavy atom. The van der Waals surface area contributed by atoms with E-state index in [9.17, 15) is 10.1 Å². The number of hydrogen-bond acceptors (Lipinski definition) is 5. The van der Waals surface area contributed by atoms with Crippen LogP contribution in [0.5, 0.6) is 0 Å². The van der Waals surface area contributed by atoms with Gasteiger partial charge in [0.05, 0.1) is 40.2 Å². The van der Waals surface area contributed by atoms with Crippen molar-refractivity contribution in [1.82, 2.24) is 14.5 Å². The SMILES string of the molecule is CCOCC.Cc1ccc([N+](=O)[O-])cc1N=P(c1ccccc1)(c1c(C)nn(-c2ccccc2)c1C)N1CCCCCC1. The van der Waals surface area contributed by atoms with Gasteiger partial charge >= 0.3 is 0 Å². The lowest BCUT2D eigenvalue weighted by Crippen LogP contribution is -2.35. The number of nitro benzene ring substituents is 1. The Bertz CT molecular complexity index is 1540. The summed E-state index contributed by atoms with van der Waals surface area (Å²) in [7, 11) is -2.63. The Balaban J connectivity index is 0.000000782. The van der Waals surface area contributed by atoms with Gasteiger partial charge in [0.15, 0.2) is 0 Å². The molecule has 3 aromatic carbocycles. The number of nitrogens with zero attached hydrogens (tertiary/aromatic N) is 5. The molecule has 228 valence electrons. The molecule has 1 aliphatic rings. The van der Waals surface area contributed by atoms with Crippen molar-refractivity contribution in [3.05, 3.63) is 106 Å². The van der Waals surface area contributed by atoms with Gasteiger partial charge in [-0.2, -0.15) is 5.10 Å². The molecule has 0 N–H and O–H groups in total. The van der Waals surface area contributed by atoms with E-state index < -0.39 is 7.21 Å². The molecule has 0 amide bonds. The van der Waals surface area contributed by atoms with Gasteiger partial charge in [0.1, 0.15) is 0 Å². The highest BCUT2D eigenvalue weighted by molar-refractivity contribution is 7.79. The Morgan fingerprint density at radius 2 is 1.49 bits per heavy atom. The smallest absolute Gasteiger partial charge is 0.271 e. The van der Waals surface area contributed by atoms with Gasteiger partial charge < -0.3 is 4.74 Å². The minimum atomic E-state index is -2.63. The van der Waals surface area contributed by atoms with Crippen LogP contribution in [0, 0.1) is 30.9 Å². The second-order valence-electron chi connectivity index (χ2n) is 10.7. The van der Waals surface area contributed by atoms with E-state index in [4.69, 9.17) is 14.6 Å². The minimum absolute atomic E-state index is 0.0600. The number of ether oxygens (including phenoxy) is 1. The zero-order valence-electron chi connectivity index (χ0n) is 26.1. The van der Waals surface area contributed by atoms with Crippen molar-refractivity contribution in [3.63, 3.8) is 0 Å². The van der Waals surface area contributed by atoms with Crippen LogP contribution in [0.15, 0.2) is 83.6 Å². The third-order valence-corrected chi connectivity index (χ3v) is 11.8. The van der Waals surface area contributed by atoms with Gasteiger partial charge in [0.2, 0.25) is 0 Å². The largest absolute Gasteiger partial charge is 0.382 e. The van der Waals surface area contributed by atoms with E-state index in [1.165, 1.54) is 12.8 Å². The normalized spacial score (nSPS) is 15.1. The fraction of sp³-hybridized carbons (Fsp3) is 0.382. The highest BCUT2D eigenvalue weighted by atomic mass is 31.2. The summed E-state index contributed by atoms with van der Waals surface area (Å²) >= 11 is 0. The molecule has 0 radical (unpaired) electrons. The van der Waals surface area contributed by atoms with Crippen LogP contribution in [-0.2, 0) is 4.74 Å². The number of aromatic nitrogens is 2. The highest BCUT2D eigenvalue weighted by Gasteiger charge is 2.38. The molecule has 0 saturated carbocycles. The van der Waals surface area contributed by atoms with Crippen molar-refractivity contribution >= 4 is 29.2 Å². The van der Waals surface area contributed by atoms with Crippen LogP contribution in [0.2, 0.25) is 0 Å². The summed E-state index contributed by atoms with van der Waals surface area (Å²) in [4.78, 5) is 11.4. The Morgan fingerprint density at radius 3 is 2.05 bits per heavy atom. The first-order valence-electron chi connectivity index (χ1n) is 15.2. The first kappa shape index (κ1) is 32.3. The molecule has 1 aliphatic heterocycles. The van der Waals surface area contributed by atoms with E-state index in [-0.39, 0.29) is 10.6 Å². The first-order valence-corrected chi connectivity index (χ1v) is 16.9. The number of nitro groups is 1. The Hall–Kier alpha value is -3.58. The average Bonchev–Trinajstić information content (AvgIpc) is 3.17. The predicted octanol–water partition coefficient (Wildman–Crippen LogP) is 8.02. The zero-order valence-corrected chi connectivity index (χ0v) is 27.0. The van der Waals surface area contributed by atoms with Crippen LogP contribution in [0.1, 0.15) is 56.5 Å². The maximum atomic E-state index is 11.7. The molecule has 5 rings (SSSR count). The van der Waals surface area contributed by atoms with Gasteiger partial charge in [-0.1, -0.05) is 67.4 Å². The lowest BCUT2D eigenvalue weighted by Gasteiger charge is -2.37. The second-order valence-corrected chi connectivity index (χ2v) is 13.6. The van der Waals surface area contributed by atoms with Gasteiger partial charge in [-0.25, -0.2) is 9.43 Å². The van der Waals surface area contributed by atoms with Gasteiger partial charge in [-0.3, -0.25) is 14.8 Å². The summed E-state index contributed by atoms with van der Waals surface area (Å²) in [6.07, 6.45) is 4.59. The molecule has 1 fully saturated rings. The van der Waals surface area contributed by atoms with Crippen molar-refractivity contribution in [3.8, 4) is 5.69 Å². The monoisotopic (exact) mass is 601 g/mol. The number of benzene rings is 3. The summed E-state index contributed by atoms with van der Waals surface area (Å²) in [5, 5.41) is 19.1. The lowest BCUT2D eigenvalue weighted by molar-refractivity contribution is -0.384. The van der Waals surface area contributed by atoms with Crippen LogP contribution in [0.4, 0.5) is 11.4 Å². The van der Waals surface area contributed by atoms with Crippen molar-refractivity contribution in [2.24, 2.45) is 4.74 Å². The standard InChI is InChI=1S/C30H34N5O2P.C4H10O/c1-23-18-19-27(35(36)37)22-29(23)32-38(28-16-10-7-11-17-28,33-20-12-4-5-13-21-33)30-24(2)31-34(25(30)3)26-14-8-6-9-15-26;1-3-5-4-2/h6-11,14-19,22H,4-5,12-13,20-21H2,1-3H3;3-4H2,1-2H3. The van der Waals surface area contributed by atoms with E-state index in [2.05, 4.69) is 54.9 Å². The number of hydrogen-bond donors (Lipinski definition) is 0. The van der Waals surface area contributed by atoms with Crippen molar-refractivity contribution in [1.29, 1.82) is 0 Å². The summed E-state index contributed by atoms with van der Waals surface area (Å²) in [6, 6.07) is 25.7. The number of rotatable bonds is 8. The molecule has 8 nitrogen and oxygen atoms in total. The van der Waals surface area contributed by atoms with Gasteiger partial charge in [-0.15, -0.1) is 0 Å². The fourth-order valence-corrected chi connectivity index (χ4v) is 9.90. The first-order chi connectivity index (χ1) is 20.8. The molecule has 4 aromatic rings. The topological polar surface area (TPSA) is 85.8 Å². The van der Waals surface area contributed by atoms with E-state index in [1.54, 1.807) is 12.1 Å². The Labute approximate surface area is 256 Å². The van der Waals surface area contributed by atoms with E-state index in [0.29, 0.717) is 5.69 Å². The number of aryl methyl sites for hydroxylation is 2. The van der Waals surface area contributed by atoms with Crippen molar-refractivity contribution in [2.75, 3.05) is 26.3 Å². The second kappa shape index (κ2) is 15.2. The summed E-state index contributed by atoms with van der Waals surface area (Å²) in [5.41, 5.74) is 4.67. The summed E-state index contributed by atoms with van der Waals surface area (Å²) in [6.45, 7) is 13.7. The molecule has 1 aromatic heterocycles. The van der Waals surface area contributed by atoms with Gasteiger partial charge in [0, 0.05) is 43.7 Å². The molecule has 0 aliphatic carbocycles. The molecule has 1 unspecified atom stereocenters. The molecule has 0 spiro atoms. The Kier molecular flexibility index (Phi) is 11.5. The van der Waals surface area contributed by atoms with Crippen LogP contribution in [0.3, 0.4) is 0 Å². The van der Waals surface area contributed by atoms with E-state index >= 15 is 0 Å². The van der Waals surface area contributed by atoms with Crippen LogP contribution >= 0.6 is 7.21 Å². The summed E-state index contributed by atoms with van der Waals surface area (Å²) in [5.74, 6) is 0. The van der Waals surface area contributed by atoms with Crippen LogP contribution in [0.25, 0.3) is 5.69 Å². The lowest BCUT2D eigenvalue weighted by atomic mass is 10.2. The molecule has 2 heterocycles. The number of para-hydroxylation sites is 1. The fourth-order valence-electron chi connectivity index (χ4n) is 5.67. The quantitative estimate of drug-likeness (QED) is 0.116. The molecular weight excluding hydrogens is 557 g/mol. The molecular formula is C34H44N5O3P. The highest BCUT2D eigenvalue weighted by Crippen LogP contribution is 2.56. The molecule has 1 atom stereocenters. The van der Waals surface area contributed by atoms with Crippen LogP contribution < -0.4 is 10.6 Å². The maximum Gasteiger partial charge on any atom is 0.271 e. The molecule has 9 heteroatoms. The van der Waals surface area contributed by atoms with Crippen LogP contribution in [-0.4, -0.2) is 45.7 Å². The van der Waals surface area contributed by atoms with Gasteiger partial charge in [0.25, 0.3) is 5.69 Å². The van der Waals surface area contributed by atoms with Crippen molar-refractivity contribution < 1.29 is 9.66 Å². The molecule has 0 bridgehead atoms. The maximum absolute atomic E-state index is 11.7. The van der Waals surface area contributed by atoms with E-state index in [1.807, 2.05) is 55.8 Å². The van der Waals surface area contributed by atoms with Crippen molar-refractivity contribution in [2.45, 2.75) is 60.3 Å². The van der Waals surface area contributed by atoms with Gasteiger partial charge in [-0.05, 0) is 65.2 Å². The average molecular weight is 602 g/mol. The zero-order chi connectivity index (χ0) is 30.8. The minimum Gasteiger partial charge on any atom is -0.382 e. The molecule has 43 heavy (non-hydrogen) atoms. The third-order valence-electron chi connectivity index (χ3n) is 7.74.